The molecule has 49 heavy (non-hydrogen) atoms. The number of halogens is 8. The van der Waals surface area contributed by atoms with Crippen molar-refractivity contribution < 1.29 is 69.5 Å². The van der Waals surface area contributed by atoms with E-state index in [0.29, 0.717) is 0 Å². The van der Waals surface area contributed by atoms with E-state index in [2.05, 4.69) is 44.3 Å². The first-order valence-corrected chi connectivity index (χ1v) is 14.9. The number of carbonyl (C=O) groups is 2. The van der Waals surface area contributed by atoms with Gasteiger partial charge < -0.3 is 35.9 Å². The van der Waals surface area contributed by atoms with Crippen LogP contribution in [0, 0.1) is 11.6 Å². The quantitative estimate of drug-likeness (QED) is 0.212. The van der Waals surface area contributed by atoms with Gasteiger partial charge in [0, 0.05) is 50.2 Å². The summed E-state index contributed by atoms with van der Waals surface area (Å²) in [7, 11) is 0. The Morgan fingerprint density at radius 2 is 0.939 bits per heavy atom. The monoisotopic (exact) mass is 706 g/mol. The van der Waals surface area contributed by atoms with Crippen LogP contribution in [-0.4, -0.2) is 42.9 Å². The van der Waals surface area contributed by atoms with E-state index in [1.54, 1.807) is 24.3 Å². The van der Waals surface area contributed by atoms with Gasteiger partial charge >= 0.3 is 12.4 Å². The molecule has 0 unspecified atom stereocenters. The summed E-state index contributed by atoms with van der Waals surface area (Å²) >= 11 is 0. The van der Waals surface area contributed by atoms with Gasteiger partial charge in [-0.25, -0.2) is 8.78 Å². The van der Waals surface area contributed by atoms with Crippen LogP contribution in [0.5, 0.6) is 0 Å². The zero-order chi connectivity index (χ0) is 35.5. The molecule has 2 aliphatic heterocycles. The van der Waals surface area contributed by atoms with Crippen molar-refractivity contribution in [2.75, 3.05) is 23.7 Å². The van der Waals surface area contributed by atoms with Crippen molar-refractivity contribution in [3.63, 3.8) is 0 Å². The number of anilines is 2. The number of aliphatic carboxylic acids is 2. The number of rotatable bonds is 0. The highest BCUT2D eigenvalue weighted by molar-refractivity contribution is 5.89. The molecule has 0 amide bonds. The van der Waals surface area contributed by atoms with E-state index >= 15 is 0 Å². The van der Waals surface area contributed by atoms with Crippen LogP contribution < -0.4 is 30.0 Å². The average molecular weight is 707 g/mol. The van der Waals surface area contributed by atoms with E-state index in [9.17, 15) is 35.1 Å². The van der Waals surface area contributed by atoms with Crippen molar-refractivity contribution in [1.82, 2.24) is 0 Å². The van der Waals surface area contributed by atoms with E-state index in [1.807, 2.05) is 12.1 Å². The lowest BCUT2D eigenvalue weighted by Gasteiger charge is -2.12. The number of benzene rings is 2. The lowest BCUT2D eigenvalue weighted by Crippen LogP contribution is -2.37. The number of carbonyl (C=O) groups excluding carboxylic acids is 2. The molecular formula is C32H34F8N4O5. The van der Waals surface area contributed by atoms with Crippen LogP contribution in [-0.2, 0) is 22.7 Å². The summed E-state index contributed by atoms with van der Waals surface area (Å²) in [6, 6.07) is 14.3. The standard InChI is InChI=1S/C28H30F2N4.2C2HF3O2.H2O/c29-21-7-9-27-23(19-21)25-11-17-33(27)15-5-2-6-16-34-18-12-26(32-14-4-1-3-13-31-25)24-20-22(30)8-10-28(24)34;2*3-2(4,5)1(6)7;/h7-12,17-20H,1-6,13-16H2;2*(H,6,7);1H2. The van der Waals surface area contributed by atoms with Crippen LogP contribution in [0.15, 0.2) is 60.9 Å². The summed E-state index contributed by atoms with van der Waals surface area (Å²) < 4.78 is 95.6. The highest BCUT2D eigenvalue weighted by Gasteiger charge is 2.29. The zero-order valence-electron chi connectivity index (χ0n) is 25.9. The molecule has 0 atom stereocenters. The third kappa shape index (κ3) is 12.3. The third-order valence-electron chi connectivity index (χ3n) is 7.20. The maximum Gasteiger partial charge on any atom is 0.430 e. The molecule has 4 bridgehead atoms. The fraction of sp³-hybridized carbons (Fsp3) is 0.375. The Morgan fingerprint density at radius 3 is 1.29 bits per heavy atom. The number of pyridine rings is 2. The summed E-state index contributed by atoms with van der Waals surface area (Å²) in [5.74, 6) is -6.42. The number of hydrogen-bond donors (Lipinski definition) is 2. The second kappa shape index (κ2) is 18.1. The fourth-order valence-corrected chi connectivity index (χ4v) is 4.93. The van der Waals surface area contributed by atoms with Gasteiger partial charge in [0.05, 0.1) is 22.1 Å². The summed E-state index contributed by atoms with van der Waals surface area (Å²) in [5, 5.41) is 26.5. The minimum absolute atomic E-state index is 0. The molecule has 4 aromatic rings. The van der Waals surface area contributed by atoms with Crippen LogP contribution in [0.25, 0.3) is 21.8 Å². The van der Waals surface area contributed by atoms with Crippen molar-refractivity contribution in [3.8, 4) is 0 Å². The van der Waals surface area contributed by atoms with Gasteiger partial charge in [-0.2, -0.15) is 35.5 Å². The number of carboxylic acids is 2. The molecule has 0 spiro atoms. The molecule has 9 nitrogen and oxygen atoms in total. The van der Waals surface area contributed by atoms with E-state index in [0.717, 1.165) is 97.9 Å². The summed E-state index contributed by atoms with van der Waals surface area (Å²) in [6.45, 7) is 3.47. The van der Waals surface area contributed by atoms with E-state index in [1.165, 1.54) is 0 Å². The molecule has 0 radical (unpaired) electrons. The molecule has 6 rings (SSSR count). The van der Waals surface area contributed by atoms with Crippen LogP contribution >= 0.6 is 0 Å². The summed E-state index contributed by atoms with van der Waals surface area (Å²) in [6.07, 6.45) is 0.104. The molecule has 0 fully saturated rings. The van der Waals surface area contributed by atoms with Crippen molar-refractivity contribution in [3.05, 3.63) is 72.6 Å². The Morgan fingerprint density at radius 1 is 0.592 bits per heavy atom. The predicted octanol–water partition coefficient (Wildman–Crippen LogP) is 3.50. The summed E-state index contributed by atoms with van der Waals surface area (Å²) in [4.78, 5) is 17.6. The smallest absolute Gasteiger partial charge is 0.430 e. The average Bonchev–Trinajstić information content (AvgIpc) is 3.00. The molecule has 268 valence electrons. The number of hydrogen-bond acceptors (Lipinski definition) is 6. The number of aromatic nitrogens is 2. The molecule has 2 aliphatic rings. The molecule has 17 heteroatoms. The van der Waals surface area contributed by atoms with Gasteiger partial charge in [-0.05, 0) is 49.9 Å². The van der Waals surface area contributed by atoms with Crippen LogP contribution in [0.2, 0.25) is 0 Å². The normalized spacial score (nSPS) is 14.2. The van der Waals surface area contributed by atoms with Crippen molar-refractivity contribution in [2.24, 2.45) is 0 Å². The predicted molar refractivity (Wildman–Crippen MR) is 159 cm³/mol. The topological polar surface area (TPSA) is 144 Å². The van der Waals surface area contributed by atoms with Gasteiger partial charge in [-0.15, -0.1) is 0 Å². The Labute approximate surface area is 275 Å². The van der Waals surface area contributed by atoms with Gasteiger partial charge in [0.1, 0.15) is 36.7 Å². The second-order valence-electron chi connectivity index (χ2n) is 10.7. The number of nitrogens with zero attached hydrogens (tertiary/aromatic N) is 2. The minimum Gasteiger partial charge on any atom is -0.542 e. The maximum atomic E-state index is 14.0. The van der Waals surface area contributed by atoms with E-state index < -0.39 is 24.3 Å². The Bertz CT molecular complexity index is 1590. The number of nitrogens with one attached hydrogen (secondary N) is 2. The van der Waals surface area contributed by atoms with Gasteiger partial charge in [-0.3, -0.25) is 0 Å². The molecule has 0 saturated carbocycles. The van der Waals surface area contributed by atoms with Crippen molar-refractivity contribution in [2.45, 2.75) is 64.0 Å². The molecule has 2 aromatic heterocycles. The lowest BCUT2D eigenvalue weighted by atomic mass is 10.1. The third-order valence-corrected chi connectivity index (χ3v) is 7.20. The zero-order valence-corrected chi connectivity index (χ0v) is 25.9. The molecule has 0 saturated heterocycles. The molecular weight excluding hydrogens is 672 g/mol. The Balaban J connectivity index is 0.000000470. The second-order valence-corrected chi connectivity index (χ2v) is 10.7. The highest BCUT2D eigenvalue weighted by Crippen LogP contribution is 2.24. The fourth-order valence-electron chi connectivity index (χ4n) is 4.93. The first kappa shape index (κ1) is 40.4. The minimum atomic E-state index is -5.19. The lowest BCUT2D eigenvalue weighted by molar-refractivity contribution is -0.675. The van der Waals surface area contributed by atoms with Crippen LogP contribution in [0.4, 0.5) is 46.5 Å². The number of carboxylic acid groups (broad SMARTS) is 2. The van der Waals surface area contributed by atoms with Crippen LogP contribution in [0.3, 0.4) is 0 Å². The van der Waals surface area contributed by atoms with Gasteiger partial charge in [-0.1, -0.05) is 0 Å². The molecule has 0 aliphatic carbocycles. The van der Waals surface area contributed by atoms with Crippen LogP contribution in [0.1, 0.15) is 38.5 Å². The van der Waals surface area contributed by atoms with Gasteiger partial charge in [0.25, 0.3) is 0 Å². The Kier molecular flexibility index (Phi) is 14.9. The Hall–Kier alpha value is -4.80. The molecule has 2 aromatic carbocycles. The first-order valence-electron chi connectivity index (χ1n) is 14.9. The van der Waals surface area contributed by atoms with E-state index in [4.69, 9.17) is 19.8 Å². The van der Waals surface area contributed by atoms with Crippen molar-refractivity contribution in [1.29, 1.82) is 0 Å². The number of aryl methyl sites for hydroxylation is 2. The number of fused-ring (bicyclic) bond motifs is 12. The maximum absolute atomic E-state index is 14.0. The first-order chi connectivity index (χ1) is 22.6. The van der Waals surface area contributed by atoms with Gasteiger partial charge in [0.15, 0.2) is 12.4 Å². The van der Waals surface area contributed by atoms with Crippen molar-refractivity contribution >= 4 is 45.1 Å². The number of alkyl halides is 6. The molecule has 4 N–H and O–H groups in total. The van der Waals surface area contributed by atoms with E-state index in [-0.39, 0.29) is 17.1 Å². The SMILES string of the molecule is Fc1ccc2c(c1)c1cc[n+]2CCCCC[n+]2ccc(c3cc(F)ccc32)NCCCCCN1.O.O=C([O-])C(F)(F)F.O=C([O-])C(F)(F)F. The molecule has 4 heterocycles. The highest BCUT2D eigenvalue weighted by atomic mass is 19.4. The largest absolute Gasteiger partial charge is 0.542 e. The summed E-state index contributed by atoms with van der Waals surface area (Å²) in [5.41, 5.74) is 4.09. The van der Waals surface area contributed by atoms with Gasteiger partial charge in [0.2, 0.25) is 11.0 Å².